The first-order chi connectivity index (χ1) is 12.1. The van der Waals surface area contributed by atoms with Crippen molar-refractivity contribution >= 4 is 33.2 Å². The molecular formula is C19H22BrNO3S. The number of carboxylic acid groups (broad SMARTS) is 1. The standard InChI is InChI=1S/C19H22BrNO3S/c1-2-24-15-9-4-3-7-13(15)18(16-10-11-17(20)25-16)21-12-6-5-8-14(21)19(22)23/h3-4,7,9-11,14,18H,2,5-6,8,12H2,1H3,(H,22,23). The van der Waals surface area contributed by atoms with E-state index in [0.717, 1.165) is 39.4 Å². The molecule has 0 radical (unpaired) electrons. The topological polar surface area (TPSA) is 49.8 Å². The van der Waals surface area contributed by atoms with Crippen LogP contribution in [0.1, 0.15) is 42.7 Å². The summed E-state index contributed by atoms with van der Waals surface area (Å²) in [6.07, 6.45) is 2.67. The van der Waals surface area contributed by atoms with Crippen LogP contribution >= 0.6 is 27.3 Å². The first kappa shape index (κ1) is 18.4. The minimum Gasteiger partial charge on any atom is -0.494 e. The van der Waals surface area contributed by atoms with Gasteiger partial charge in [0, 0.05) is 10.4 Å². The molecule has 2 aromatic rings. The minimum absolute atomic E-state index is 0.111. The number of likely N-dealkylation sites (tertiary alicyclic amines) is 1. The maximum absolute atomic E-state index is 11.9. The Morgan fingerprint density at radius 1 is 1.36 bits per heavy atom. The molecule has 1 fully saturated rings. The zero-order chi connectivity index (χ0) is 17.8. The van der Waals surface area contributed by atoms with Crippen LogP contribution in [0, 0.1) is 0 Å². The van der Waals surface area contributed by atoms with Crippen LogP contribution in [0.3, 0.4) is 0 Å². The van der Waals surface area contributed by atoms with Crippen molar-refractivity contribution in [2.45, 2.75) is 38.3 Å². The molecule has 1 aromatic carbocycles. The van der Waals surface area contributed by atoms with E-state index < -0.39 is 12.0 Å². The molecule has 134 valence electrons. The molecule has 2 heterocycles. The molecule has 0 aliphatic carbocycles. The van der Waals surface area contributed by atoms with Crippen LogP contribution < -0.4 is 4.74 Å². The van der Waals surface area contributed by atoms with Gasteiger partial charge >= 0.3 is 5.97 Å². The van der Waals surface area contributed by atoms with Crippen LogP contribution in [-0.4, -0.2) is 35.2 Å². The van der Waals surface area contributed by atoms with Gasteiger partial charge in [0.2, 0.25) is 0 Å². The molecule has 2 atom stereocenters. The van der Waals surface area contributed by atoms with Gasteiger partial charge in [-0.3, -0.25) is 9.69 Å². The molecule has 0 spiro atoms. The number of hydrogen-bond acceptors (Lipinski definition) is 4. The highest BCUT2D eigenvalue weighted by molar-refractivity contribution is 9.11. The van der Waals surface area contributed by atoms with E-state index >= 15 is 0 Å². The summed E-state index contributed by atoms with van der Waals surface area (Å²) in [6, 6.07) is 11.5. The summed E-state index contributed by atoms with van der Waals surface area (Å²) in [7, 11) is 0. The molecule has 0 amide bonds. The molecule has 1 aliphatic rings. The molecule has 2 unspecified atom stereocenters. The highest BCUT2D eigenvalue weighted by Crippen LogP contribution is 2.41. The third-order valence-corrected chi connectivity index (χ3v) is 6.21. The van der Waals surface area contributed by atoms with Crippen molar-refractivity contribution in [1.29, 1.82) is 0 Å². The smallest absolute Gasteiger partial charge is 0.320 e. The summed E-state index contributed by atoms with van der Waals surface area (Å²) in [5, 5.41) is 9.75. The molecule has 4 nitrogen and oxygen atoms in total. The number of hydrogen-bond donors (Lipinski definition) is 1. The lowest BCUT2D eigenvalue weighted by molar-refractivity contribution is -0.145. The van der Waals surface area contributed by atoms with Gasteiger partial charge in [-0.15, -0.1) is 11.3 Å². The number of thiophene rings is 1. The fourth-order valence-electron chi connectivity index (χ4n) is 3.49. The van der Waals surface area contributed by atoms with E-state index in [1.165, 1.54) is 0 Å². The quantitative estimate of drug-likeness (QED) is 0.714. The lowest BCUT2D eigenvalue weighted by atomic mass is 9.95. The third-order valence-electron chi connectivity index (χ3n) is 4.54. The zero-order valence-corrected chi connectivity index (χ0v) is 16.6. The Labute approximate surface area is 160 Å². The number of ether oxygens (including phenoxy) is 1. The number of carboxylic acids is 1. The van der Waals surface area contributed by atoms with Crippen LogP contribution in [0.15, 0.2) is 40.2 Å². The summed E-state index contributed by atoms with van der Waals surface area (Å²) in [4.78, 5) is 15.1. The van der Waals surface area contributed by atoms with Gasteiger partial charge in [-0.05, 0) is 60.4 Å². The maximum Gasteiger partial charge on any atom is 0.320 e. The second-order valence-electron chi connectivity index (χ2n) is 6.10. The Hall–Kier alpha value is -1.37. The normalized spacial score (nSPS) is 19.5. The van der Waals surface area contributed by atoms with Gasteiger partial charge in [-0.2, -0.15) is 0 Å². The predicted octanol–water partition coefficient (Wildman–Crippen LogP) is 4.94. The number of para-hydroxylation sites is 1. The van der Waals surface area contributed by atoms with Gasteiger partial charge in [0.05, 0.1) is 16.4 Å². The predicted molar refractivity (Wildman–Crippen MR) is 103 cm³/mol. The Morgan fingerprint density at radius 2 is 2.16 bits per heavy atom. The Morgan fingerprint density at radius 3 is 2.84 bits per heavy atom. The summed E-state index contributed by atoms with van der Waals surface area (Å²) < 4.78 is 6.90. The summed E-state index contributed by atoms with van der Waals surface area (Å²) in [6.45, 7) is 3.33. The molecule has 25 heavy (non-hydrogen) atoms. The third kappa shape index (κ3) is 4.07. The number of halogens is 1. The van der Waals surface area contributed by atoms with E-state index in [-0.39, 0.29) is 6.04 Å². The van der Waals surface area contributed by atoms with Crippen molar-refractivity contribution < 1.29 is 14.6 Å². The van der Waals surface area contributed by atoms with Gasteiger partial charge in [0.25, 0.3) is 0 Å². The monoisotopic (exact) mass is 423 g/mol. The van der Waals surface area contributed by atoms with E-state index in [2.05, 4.69) is 33.0 Å². The first-order valence-electron chi connectivity index (χ1n) is 8.57. The lowest BCUT2D eigenvalue weighted by Gasteiger charge is -2.39. The van der Waals surface area contributed by atoms with Crippen molar-refractivity contribution in [3.8, 4) is 5.75 Å². The van der Waals surface area contributed by atoms with Crippen molar-refractivity contribution in [2.75, 3.05) is 13.2 Å². The zero-order valence-electron chi connectivity index (χ0n) is 14.2. The van der Waals surface area contributed by atoms with Crippen molar-refractivity contribution in [3.05, 3.63) is 50.6 Å². The molecule has 0 bridgehead atoms. The highest BCUT2D eigenvalue weighted by Gasteiger charge is 2.36. The molecule has 6 heteroatoms. The number of nitrogens with zero attached hydrogens (tertiary/aromatic N) is 1. The van der Waals surface area contributed by atoms with E-state index in [9.17, 15) is 9.90 Å². The van der Waals surface area contributed by atoms with Crippen LogP contribution in [0.25, 0.3) is 0 Å². The summed E-state index contributed by atoms with van der Waals surface area (Å²) in [5.41, 5.74) is 1.03. The Bertz CT molecular complexity index is 733. The fourth-order valence-corrected chi connectivity index (χ4v) is 5.06. The molecule has 1 aliphatic heterocycles. The summed E-state index contributed by atoms with van der Waals surface area (Å²) >= 11 is 5.19. The van der Waals surface area contributed by atoms with Crippen molar-refractivity contribution in [2.24, 2.45) is 0 Å². The van der Waals surface area contributed by atoms with Gasteiger partial charge in [0.15, 0.2) is 0 Å². The van der Waals surface area contributed by atoms with Crippen molar-refractivity contribution in [1.82, 2.24) is 4.90 Å². The van der Waals surface area contributed by atoms with E-state index in [1.54, 1.807) is 11.3 Å². The van der Waals surface area contributed by atoms with Gasteiger partial charge < -0.3 is 9.84 Å². The molecule has 1 aromatic heterocycles. The van der Waals surface area contributed by atoms with E-state index in [1.807, 2.05) is 31.2 Å². The van der Waals surface area contributed by atoms with E-state index in [0.29, 0.717) is 13.0 Å². The van der Waals surface area contributed by atoms with Crippen LogP contribution in [-0.2, 0) is 4.79 Å². The average Bonchev–Trinajstić information content (AvgIpc) is 3.03. The number of aliphatic carboxylic acids is 1. The lowest BCUT2D eigenvalue weighted by Crippen LogP contribution is -2.46. The molecular weight excluding hydrogens is 402 g/mol. The average molecular weight is 424 g/mol. The minimum atomic E-state index is -0.741. The molecule has 0 saturated carbocycles. The SMILES string of the molecule is CCOc1ccccc1C(c1ccc(Br)s1)N1CCCCC1C(=O)O. The second kappa shape index (κ2) is 8.34. The Kier molecular flexibility index (Phi) is 6.15. The summed E-state index contributed by atoms with van der Waals surface area (Å²) in [5.74, 6) is 0.0865. The van der Waals surface area contributed by atoms with E-state index in [4.69, 9.17) is 4.74 Å². The van der Waals surface area contributed by atoms with Crippen LogP contribution in [0.5, 0.6) is 5.75 Å². The number of carbonyl (C=O) groups is 1. The second-order valence-corrected chi connectivity index (χ2v) is 8.60. The number of benzene rings is 1. The van der Waals surface area contributed by atoms with Gasteiger partial charge in [0.1, 0.15) is 11.8 Å². The molecule has 1 saturated heterocycles. The molecule has 1 N–H and O–H groups in total. The fraction of sp³-hybridized carbons (Fsp3) is 0.421. The van der Waals surface area contributed by atoms with Crippen molar-refractivity contribution in [3.63, 3.8) is 0 Å². The maximum atomic E-state index is 11.9. The van der Waals surface area contributed by atoms with Crippen LogP contribution in [0.2, 0.25) is 0 Å². The largest absolute Gasteiger partial charge is 0.494 e. The number of rotatable bonds is 6. The van der Waals surface area contributed by atoms with Gasteiger partial charge in [-0.25, -0.2) is 0 Å². The number of piperidine rings is 1. The molecule has 3 rings (SSSR count). The van der Waals surface area contributed by atoms with Gasteiger partial charge in [-0.1, -0.05) is 24.6 Å². The van der Waals surface area contributed by atoms with Crippen LogP contribution in [0.4, 0.5) is 0 Å². The highest BCUT2D eigenvalue weighted by atomic mass is 79.9. The first-order valence-corrected chi connectivity index (χ1v) is 10.2. The Balaban J connectivity index is 2.09.